The van der Waals surface area contributed by atoms with E-state index >= 15 is 0 Å². The van der Waals surface area contributed by atoms with Crippen LogP contribution >= 0.6 is 27.5 Å². The van der Waals surface area contributed by atoms with Crippen molar-refractivity contribution in [2.24, 2.45) is 0 Å². The van der Waals surface area contributed by atoms with E-state index in [9.17, 15) is 0 Å². The van der Waals surface area contributed by atoms with Crippen LogP contribution in [0.2, 0.25) is 5.02 Å². The van der Waals surface area contributed by atoms with Crippen LogP contribution in [0.5, 0.6) is 0 Å². The van der Waals surface area contributed by atoms with Crippen molar-refractivity contribution in [3.8, 4) is 11.4 Å². The Balaban J connectivity index is 0.000000158. The number of anilines is 8. The smallest absolute Gasteiger partial charge is 0.0583 e. The number of benzene rings is 12. The summed E-state index contributed by atoms with van der Waals surface area (Å²) in [6.07, 6.45) is 0. The average Bonchev–Trinajstić information content (AvgIpc) is 4.05. The predicted molar refractivity (Wildman–Crippen MR) is 346 cm³/mol. The monoisotopic (exact) mass is 1120 g/mol. The van der Waals surface area contributed by atoms with Crippen LogP contribution in [0.4, 0.5) is 45.5 Å². The van der Waals surface area contributed by atoms with E-state index in [-0.39, 0.29) is 7.43 Å². The summed E-state index contributed by atoms with van der Waals surface area (Å²) in [6, 6.07) is 110. The molecule has 5 nitrogen and oxygen atoms in total. The maximum atomic E-state index is 6.50. The molecule has 14 rings (SSSR count). The molecule has 0 fully saturated rings. The van der Waals surface area contributed by atoms with Gasteiger partial charge in [0.15, 0.2) is 0 Å². The molecule has 2 heterocycles. The van der Waals surface area contributed by atoms with Crippen LogP contribution in [-0.2, 0) is 0 Å². The lowest BCUT2D eigenvalue weighted by atomic mass is 10.1. The van der Waals surface area contributed by atoms with Crippen molar-refractivity contribution in [1.82, 2.24) is 9.13 Å². The molecule has 0 aliphatic heterocycles. The van der Waals surface area contributed by atoms with Crippen molar-refractivity contribution in [2.45, 2.75) is 0 Å². The second-order valence-corrected chi connectivity index (χ2v) is 20.2. The van der Waals surface area contributed by atoms with Gasteiger partial charge in [-0.1, -0.05) is 210 Å². The summed E-state index contributed by atoms with van der Waals surface area (Å²) < 4.78 is 5.64. The Bertz CT molecular complexity index is 4160. The molecule has 0 saturated heterocycles. The van der Waals surface area contributed by atoms with Gasteiger partial charge in [-0.05, 0) is 133 Å². The minimum Gasteiger partial charge on any atom is -0.358 e. The van der Waals surface area contributed by atoms with Gasteiger partial charge in [-0.15, -0.1) is 0 Å². The molecule has 0 bridgehead atoms. The first-order chi connectivity index (χ1) is 39.1. The SMILES string of the molecule is Clc1cc(Br)cc2c1c1ccccc1n2-c1ccccc1.[CH3-].c1ccc(N(c2ccccc2)c2cc(N(c3ccccc3)c3ccccc3)c3c4ccccc4n(-c4ccccc4)c3c2)cc1.c1ccc(Nc2ccccc2)cc1. The van der Waals surface area contributed by atoms with Crippen molar-refractivity contribution in [3.05, 3.63) is 332 Å². The Kier molecular flexibility index (Phi) is 16.0. The zero-order chi connectivity index (χ0) is 53.3. The molecule has 12 aromatic carbocycles. The quantitative estimate of drug-likeness (QED) is 0.138. The van der Waals surface area contributed by atoms with Gasteiger partial charge in [-0.2, -0.15) is 0 Å². The molecule has 388 valence electrons. The zero-order valence-corrected chi connectivity index (χ0v) is 46.4. The van der Waals surface area contributed by atoms with E-state index in [1.165, 1.54) is 27.2 Å². The normalized spacial score (nSPS) is 10.8. The van der Waals surface area contributed by atoms with Crippen LogP contribution in [0.15, 0.2) is 320 Å². The van der Waals surface area contributed by atoms with Gasteiger partial charge in [0, 0.05) is 71.5 Å². The number of rotatable bonds is 10. The van der Waals surface area contributed by atoms with E-state index in [1.807, 2.05) is 72.8 Å². The number of nitrogens with one attached hydrogen (secondary N) is 1. The summed E-state index contributed by atoms with van der Waals surface area (Å²) in [4.78, 5) is 4.74. The number of hydrogen-bond acceptors (Lipinski definition) is 3. The van der Waals surface area contributed by atoms with Gasteiger partial charge < -0.3 is 31.7 Å². The van der Waals surface area contributed by atoms with Crippen molar-refractivity contribution in [3.63, 3.8) is 0 Å². The Morgan fingerprint density at radius 2 is 0.650 bits per heavy atom. The first-order valence-electron chi connectivity index (χ1n) is 26.3. The lowest BCUT2D eigenvalue weighted by molar-refractivity contribution is 1.17. The molecule has 0 radical (unpaired) electrons. The fourth-order valence-corrected chi connectivity index (χ4v) is 11.4. The van der Waals surface area contributed by atoms with Crippen LogP contribution in [0.25, 0.3) is 55.0 Å². The van der Waals surface area contributed by atoms with E-state index < -0.39 is 0 Å². The van der Waals surface area contributed by atoms with Crippen molar-refractivity contribution in [2.75, 3.05) is 15.1 Å². The Morgan fingerprint density at radius 1 is 0.312 bits per heavy atom. The number of halogens is 2. The van der Waals surface area contributed by atoms with E-state index in [0.717, 1.165) is 82.8 Å². The van der Waals surface area contributed by atoms with Gasteiger partial charge in [0.05, 0.1) is 38.5 Å². The third kappa shape index (κ3) is 11.0. The standard InChI is InChI=1S/C42H31N3.C18H11BrClN.C12H11N.CH3/c1-6-18-32(19-7-1)43(33-20-8-2-9-21-33)37-30-40(44(34-22-10-3-11-23-34)35-24-12-4-13-25-35)42-38-28-16-17-29-39(38)45(41(42)31-37)36-26-14-5-15-27-36;19-12-10-15(20)18-14-8-4-5-9-16(14)21(17(18)11-12)13-6-2-1-3-7-13;1-3-7-11(8-4-1)13-12-9-5-2-6-10-12;/h1-31H;1-11H;1-10,13H;1H3/q;;;-1. The van der Waals surface area contributed by atoms with Crippen LogP contribution in [0.3, 0.4) is 0 Å². The first kappa shape index (κ1) is 52.5. The lowest BCUT2D eigenvalue weighted by Gasteiger charge is -2.30. The minimum atomic E-state index is 0. The number of para-hydroxylation sites is 10. The average molecular weight is 1120 g/mol. The topological polar surface area (TPSA) is 28.4 Å². The Hall–Kier alpha value is -9.59. The van der Waals surface area contributed by atoms with Crippen LogP contribution in [0.1, 0.15) is 0 Å². The van der Waals surface area contributed by atoms with Gasteiger partial charge in [-0.25, -0.2) is 0 Å². The zero-order valence-electron chi connectivity index (χ0n) is 44.1. The van der Waals surface area contributed by atoms with Crippen molar-refractivity contribution in [1.29, 1.82) is 0 Å². The minimum absolute atomic E-state index is 0. The molecule has 7 heteroatoms. The van der Waals surface area contributed by atoms with Gasteiger partial charge in [0.1, 0.15) is 0 Å². The molecule has 1 N–H and O–H groups in total. The third-order valence-electron chi connectivity index (χ3n) is 13.8. The highest BCUT2D eigenvalue weighted by atomic mass is 79.9. The van der Waals surface area contributed by atoms with Crippen LogP contribution in [-0.4, -0.2) is 9.13 Å². The van der Waals surface area contributed by atoms with E-state index in [2.05, 4.69) is 283 Å². The molecular weight excluding hydrogens is 1060 g/mol. The summed E-state index contributed by atoms with van der Waals surface area (Å²) >= 11 is 10.0. The fraction of sp³-hybridized carbons (Fsp3) is 0. The molecule has 0 aliphatic carbocycles. The highest BCUT2D eigenvalue weighted by Gasteiger charge is 2.25. The van der Waals surface area contributed by atoms with Crippen LogP contribution < -0.4 is 15.1 Å². The van der Waals surface area contributed by atoms with E-state index in [4.69, 9.17) is 11.6 Å². The lowest BCUT2D eigenvalue weighted by Crippen LogP contribution is -2.14. The molecule has 0 spiro atoms. The van der Waals surface area contributed by atoms with Crippen LogP contribution in [0, 0.1) is 7.43 Å². The van der Waals surface area contributed by atoms with Gasteiger partial charge in [0.2, 0.25) is 0 Å². The van der Waals surface area contributed by atoms with Gasteiger partial charge in [-0.3, -0.25) is 0 Å². The second-order valence-electron chi connectivity index (χ2n) is 18.9. The number of nitrogens with zero attached hydrogens (tertiary/aromatic N) is 4. The molecular formula is C73H56BrClN5-. The Morgan fingerprint density at radius 3 is 1.07 bits per heavy atom. The van der Waals surface area contributed by atoms with Gasteiger partial charge in [0.25, 0.3) is 0 Å². The van der Waals surface area contributed by atoms with E-state index in [1.54, 1.807) is 0 Å². The number of hydrogen-bond donors (Lipinski definition) is 1. The molecule has 14 aromatic rings. The molecule has 0 saturated carbocycles. The maximum Gasteiger partial charge on any atom is 0.0583 e. The van der Waals surface area contributed by atoms with Gasteiger partial charge >= 0.3 is 0 Å². The Labute approximate surface area is 481 Å². The molecule has 0 aliphatic rings. The molecule has 0 unspecified atom stereocenters. The summed E-state index contributed by atoms with van der Waals surface area (Å²) in [7, 11) is 0. The second kappa shape index (κ2) is 24.4. The summed E-state index contributed by atoms with van der Waals surface area (Å²) in [5.41, 5.74) is 15.7. The molecule has 2 aromatic heterocycles. The van der Waals surface area contributed by atoms with E-state index in [0.29, 0.717) is 0 Å². The first-order valence-corrected chi connectivity index (χ1v) is 27.5. The number of fused-ring (bicyclic) bond motifs is 6. The fourth-order valence-electron chi connectivity index (χ4n) is 10.5. The maximum absolute atomic E-state index is 6.50. The summed E-state index contributed by atoms with van der Waals surface area (Å²) in [5, 5.41) is 8.75. The van der Waals surface area contributed by atoms with Crippen molar-refractivity contribution >= 4 is 117 Å². The van der Waals surface area contributed by atoms with Crippen molar-refractivity contribution < 1.29 is 0 Å². The summed E-state index contributed by atoms with van der Waals surface area (Å²) in [6.45, 7) is 0. The summed E-state index contributed by atoms with van der Waals surface area (Å²) in [5.74, 6) is 0. The highest BCUT2D eigenvalue weighted by Crippen LogP contribution is 2.48. The number of aromatic nitrogens is 2. The largest absolute Gasteiger partial charge is 0.358 e. The molecule has 80 heavy (non-hydrogen) atoms. The third-order valence-corrected chi connectivity index (χ3v) is 14.6. The molecule has 0 atom stereocenters. The predicted octanol–water partition coefficient (Wildman–Crippen LogP) is 21.8. The highest BCUT2D eigenvalue weighted by molar-refractivity contribution is 9.10. The molecule has 0 amide bonds.